The highest BCUT2D eigenvalue weighted by molar-refractivity contribution is 7.99. The average Bonchev–Trinajstić information content (AvgIpc) is 2.53. The smallest absolute Gasteiger partial charge is 0.329 e. The monoisotopic (exact) mass is 215 g/mol. The maximum absolute atomic E-state index is 10.2. The van der Waals surface area contributed by atoms with E-state index in [4.69, 9.17) is 5.11 Å². The van der Waals surface area contributed by atoms with Crippen molar-refractivity contribution in [3.8, 4) is 0 Å². The highest BCUT2D eigenvalue weighted by Gasteiger charge is 2.23. The lowest BCUT2D eigenvalue weighted by atomic mass is 10.2. The van der Waals surface area contributed by atoms with Gasteiger partial charge in [-0.2, -0.15) is 11.8 Å². The molecule has 0 aromatic rings. The van der Waals surface area contributed by atoms with E-state index in [0.29, 0.717) is 6.04 Å². The fourth-order valence-corrected chi connectivity index (χ4v) is 2.88. The van der Waals surface area contributed by atoms with E-state index < -0.39 is 5.97 Å². The second-order valence-corrected chi connectivity index (χ2v) is 5.00. The Balaban J connectivity index is 2.19. The summed E-state index contributed by atoms with van der Waals surface area (Å²) in [6.45, 7) is 2.18. The van der Waals surface area contributed by atoms with Crippen LogP contribution in [0.1, 0.15) is 26.2 Å². The summed E-state index contributed by atoms with van der Waals surface area (Å²) in [4.78, 5) is 10.2. The lowest BCUT2D eigenvalue weighted by Crippen LogP contribution is -2.21. The summed E-state index contributed by atoms with van der Waals surface area (Å²) >= 11 is 2.00. The van der Waals surface area contributed by atoms with Gasteiger partial charge in [0.2, 0.25) is 0 Å². The van der Waals surface area contributed by atoms with Gasteiger partial charge in [-0.3, -0.25) is 0 Å². The molecule has 2 N–H and O–H groups in total. The fourth-order valence-electron chi connectivity index (χ4n) is 1.73. The Morgan fingerprint density at radius 1 is 1.64 bits per heavy atom. The first-order valence-electron chi connectivity index (χ1n) is 4.99. The van der Waals surface area contributed by atoms with Crippen molar-refractivity contribution in [1.82, 2.24) is 5.32 Å². The summed E-state index contributed by atoms with van der Waals surface area (Å²) in [7, 11) is 0. The molecule has 1 saturated carbocycles. The average molecular weight is 215 g/mol. The Labute approximate surface area is 89.0 Å². The van der Waals surface area contributed by atoms with Gasteiger partial charge in [-0.05, 0) is 25.0 Å². The number of nitrogens with one attached hydrogen (secondary N) is 1. The molecule has 0 spiro atoms. The van der Waals surface area contributed by atoms with Crippen LogP contribution in [0.5, 0.6) is 0 Å². The molecule has 0 aliphatic heterocycles. The molecule has 1 aliphatic carbocycles. The zero-order chi connectivity index (χ0) is 10.4. The van der Waals surface area contributed by atoms with Crippen LogP contribution in [0.15, 0.2) is 12.3 Å². The fraction of sp³-hybridized carbons (Fsp3) is 0.700. The van der Waals surface area contributed by atoms with E-state index in [1.165, 1.54) is 12.2 Å². The minimum atomic E-state index is -0.894. The summed E-state index contributed by atoms with van der Waals surface area (Å²) in [6, 6.07) is 0.467. The molecule has 0 amide bonds. The molecule has 14 heavy (non-hydrogen) atoms. The highest BCUT2D eigenvalue weighted by Crippen LogP contribution is 2.29. The number of aliphatic carboxylic acids is 1. The quantitative estimate of drug-likeness (QED) is 0.687. The Bertz CT molecular complexity index is 218. The minimum absolute atomic E-state index is 0.467. The largest absolute Gasteiger partial charge is 0.478 e. The molecule has 0 radical (unpaired) electrons. The van der Waals surface area contributed by atoms with Crippen LogP contribution in [-0.2, 0) is 4.79 Å². The number of carbonyl (C=O) groups is 1. The van der Waals surface area contributed by atoms with Crippen molar-refractivity contribution in [2.75, 3.05) is 5.75 Å². The molecule has 3 nitrogen and oxygen atoms in total. The van der Waals surface area contributed by atoms with E-state index in [1.807, 2.05) is 11.8 Å². The summed E-state index contributed by atoms with van der Waals surface area (Å²) in [5.41, 5.74) is 0. The second-order valence-electron chi connectivity index (χ2n) is 3.43. The molecule has 2 unspecified atom stereocenters. The van der Waals surface area contributed by atoms with Crippen molar-refractivity contribution < 1.29 is 9.90 Å². The molecule has 0 bridgehead atoms. The third kappa shape index (κ3) is 4.05. The lowest BCUT2D eigenvalue weighted by molar-refractivity contribution is -0.131. The van der Waals surface area contributed by atoms with Gasteiger partial charge in [0.05, 0.1) is 0 Å². The van der Waals surface area contributed by atoms with E-state index in [-0.39, 0.29) is 0 Å². The van der Waals surface area contributed by atoms with E-state index in [2.05, 4.69) is 12.2 Å². The number of rotatable bonds is 5. The van der Waals surface area contributed by atoms with Gasteiger partial charge in [0.15, 0.2) is 0 Å². The molecule has 1 fully saturated rings. The molecule has 1 rings (SSSR count). The summed E-state index contributed by atoms with van der Waals surface area (Å²) in [6.07, 6.45) is 6.26. The maximum atomic E-state index is 10.2. The van der Waals surface area contributed by atoms with E-state index in [0.717, 1.165) is 24.2 Å². The summed E-state index contributed by atoms with van der Waals surface area (Å²) in [5.74, 6) is 0.275. The first kappa shape index (κ1) is 11.4. The van der Waals surface area contributed by atoms with Crippen molar-refractivity contribution in [2.45, 2.75) is 37.5 Å². The van der Waals surface area contributed by atoms with Crippen molar-refractivity contribution in [1.29, 1.82) is 0 Å². The van der Waals surface area contributed by atoms with Crippen LogP contribution < -0.4 is 5.32 Å². The van der Waals surface area contributed by atoms with Crippen LogP contribution in [0, 0.1) is 0 Å². The van der Waals surface area contributed by atoms with Gasteiger partial charge in [-0.15, -0.1) is 0 Å². The predicted octanol–water partition coefficient (Wildman–Crippen LogP) is 1.85. The van der Waals surface area contributed by atoms with Crippen molar-refractivity contribution in [2.24, 2.45) is 0 Å². The number of carboxylic acids is 1. The van der Waals surface area contributed by atoms with E-state index in [1.54, 1.807) is 6.20 Å². The zero-order valence-corrected chi connectivity index (χ0v) is 9.22. The Morgan fingerprint density at radius 3 is 3.07 bits per heavy atom. The van der Waals surface area contributed by atoms with Crippen LogP contribution in [0.3, 0.4) is 0 Å². The minimum Gasteiger partial charge on any atom is -0.478 e. The van der Waals surface area contributed by atoms with Crippen molar-refractivity contribution in [3.63, 3.8) is 0 Å². The maximum Gasteiger partial charge on any atom is 0.329 e. The number of carboxylic acid groups (broad SMARTS) is 1. The third-order valence-corrected chi connectivity index (χ3v) is 3.58. The van der Waals surface area contributed by atoms with Crippen LogP contribution in [0.2, 0.25) is 0 Å². The van der Waals surface area contributed by atoms with E-state index in [9.17, 15) is 4.79 Å². The first-order chi connectivity index (χ1) is 6.72. The topological polar surface area (TPSA) is 49.3 Å². The van der Waals surface area contributed by atoms with Gasteiger partial charge in [0.25, 0.3) is 0 Å². The number of thioether (sulfide) groups is 1. The Morgan fingerprint density at radius 2 is 2.43 bits per heavy atom. The van der Waals surface area contributed by atoms with E-state index >= 15 is 0 Å². The van der Waals surface area contributed by atoms with Crippen LogP contribution >= 0.6 is 11.8 Å². The van der Waals surface area contributed by atoms with Crippen LogP contribution in [-0.4, -0.2) is 28.1 Å². The predicted molar refractivity (Wildman–Crippen MR) is 59.5 cm³/mol. The molecule has 4 heteroatoms. The van der Waals surface area contributed by atoms with Gasteiger partial charge >= 0.3 is 5.97 Å². The third-order valence-electron chi connectivity index (χ3n) is 2.34. The molecule has 0 aromatic heterocycles. The molecule has 0 heterocycles. The molecular formula is C10H17NO2S. The molecule has 0 saturated heterocycles. The first-order valence-corrected chi connectivity index (χ1v) is 6.04. The second kappa shape index (κ2) is 5.96. The standard InChI is InChI=1S/C10H17NO2S/c1-2-14-9-4-3-8(7-9)11-6-5-10(12)13/h5-6,8-9,11H,2-4,7H2,1H3,(H,12,13)/b6-5+. The molecular weight excluding hydrogens is 198 g/mol. The van der Waals surface area contributed by atoms with Crippen molar-refractivity contribution in [3.05, 3.63) is 12.3 Å². The number of hydrogen-bond donors (Lipinski definition) is 2. The normalized spacial score (nSPS) is 26.9. The van der Waals surface area contributed by atoms with Gasteiger partial charge in [0, 0.05) is 23.6 Å². The molecule has 1 aliphatic rings. The van der Waals surface area contributed by atoms with Crippen LogP contribution in [0.4, 0.5) is 0 Å². The Kier molecular flexibility index (Phi) is 4.87. The summed E-state index contributed by atoms with van der Waals surface area (Å²) in [5, 5.41) is 12.3. The van der Waals surface area contributed by atoms with Gasteiger partial charge in [-0.1, -0.05) is 6.92 Å². The Hall–Kier alpha value is -0.640. The molecule has 0 aromatic carbocycles. The van der Waals surface area contributed by atoms with Crippen molar-refractivity contribution >= 4 is 17.7 Å². The summed E-state index contributed by atoms with van der Waals surface area (Å²) < 4.78 is 0. The highest BCUT2D eigenvalue weighted by atomic mass is 32.2. The zero-order valence-electron chi connectivity index (χ0n) is 8.40. The molecule has 80 valence electrons. The van der Waals surface area contributed by atoms with Gasteiger partial charge < -0.3 is 10.4 Å². The number of hydrogen-bond acceptors (Lipinski definition) is 3. The van der Waals surface area contributed by atoms with Gasteiger partial charge in [0.1, 0.15) is 0 Å². The van der Waals surface area contributed by atoms with Gasteiger partial charge in [-0.25, -0.2) is 4.79 Å². The van der Waals surface area contributed by atoms with Crippen LogP contribution in [0.25, 0.3) is 0 Å². The lowest BCUT2D eigenvalue weighted by Gasteiger charge is -2.10. The SMILES string of the molecule is CCSC1CCC(N/C=C/C(=O)O)C1. The molecule has 2 atom stereocenters.